The maximum atomic E-state index is 6.11. The summed E-state index contributed by atoms with van der Waals surface area (Å²) in [5.41, 5.74) is 7.09. The van der Waals surface area contributed by atoms with Crippen LogP contribution in [0.2, 0.25) is 10.2 Å². The summed E-state index contributed by atoms with van der Waals surface area (Å²) in [6.07, 6.45) is 5.09. The summed E-state index contributed by atoms with van der Waals surface area (Å²) in [7, 11) is 0. The molecule has 0 aromatic carbocycles. The molecular weight excluding hydrogens is 377 g/mol. The molecule has 3 aromatic rings. The molecule has 10 heteroatoms. The summed E-state index contributed by atoms with van der Waals surface area (Å²) < 4.78 is 5.73. The van der Waals surface area contributed by atoms with E-state index in [-0.39, 0.29) is 22.1 Å². The number of hydrogen-bond acceptors (Lipinski definition) is 7. The van der Waals surface area contributed by atoms with E-state index in [9.17, 15) is 0 Å². The SMILES string of the molecule is C[C@H]1C[C@H](N)CCN1c1cnc2c(Oc3ccnc(Cl)c3Cl)n[nH]c2n1. The Morgan fingerprint density at radius 3 is 3.00 bits per heavy atom. The van der Waals surface area contributed by atoms with Crippen molar-refractivity contribution in [1.29, 1.82) is 0 Å². The number of hydrogen-bond donors (Lipinski definition) is 2. The lowest BCUT2D eigenvalue weighted by Gasteiger charge is -2.36. The number of pyridine rings is 1. The molecule has 1 fully saturated rings. The first-order valence-electron chi connectivity index (χ1n) is 8.24. The predicted octanol–water partition coefficient (Wildman–Crippen LogP) is 3.16. The number of rotatable bonds is 3. The Labute approximate surface area is 159 Å². The van der Waals surface area contributed by atoms with Gasteiger partial charge >= 0.3 is 0 Å². The Kier molecular flexibility index (Phi) is 4.56. The number of fused-ring (bicyclic) bond motifs is 1. The minimum Gasteiger partial charge on any atom is -0.434 e. The number of aromatic nitrogens is 5. The van der Waals surface area contributed by atoms with E-state index >= 15 is 0 Å². The molecule has 0 bridgehead atoms. The lowest BCUT2D eigenvalue weighted by molar-refractivity contribution is 0.427. The van der Waals surface area contributed by atoms with Gasteiger partial charge in [-0.25, -0.2) is 15.0 Å². The third kappa shape index (κ3) is 3.15. The van der Waals surface area contributed by atoms with Crippen molar-refractivity contribution in [2.24, 2.45) is 5.73 Å². The zero-order chi connectivity index (χ0) is 18.3. The summed E-state index contributed by atoms with van der Waals surface area (Å²) in [6.45, 7) is 2.99. The maximum Gasteiger partial charge on any atom is 0.266 e. The summed E-state index contributed by atoms with van der Waals surface area (Å²) >= 11 is 12.0. The number of H-pyrrole nitrogens is 1. The van der Waals surface area contributed by atoms with Crippen LogP contribution in [0.5, 0.6) is 11.6 Å². The second kappa shape index (κ2) is 6.86. The molecule has 1 aliphatic rings. The van der Waals surface area contributed by atoms with Crippen molar-refractivity contribution >= 4 is 40.2 Å². The average molecular weight is 394 g/mol. The molecule has 3 aromatic heterocycles. The minimum absolute atomic E-state index is 0.162. The van der Waals surface area contributed by atoms with E-state index in [1.54, 1.807) is 12.3 Å². The second-order valence-corrected chi connectivity index (χ2v) is 7.03. The molecule has 8 nitrogen and oxygen atoms in total. The van der Waals surface area contributed by atoms with Gasteiger partial charge in [0.1, 0.15) is 10.8 Å². The van der Waals surface area contributed by atoms with Gasteiger partial charge in [-0.15, -0.1) is 5.10 Å². The van der Waals surface area contributed by atoms with E-state index in [2.05, 4.69) is 37.0 Å². The van der Waals surface area contributed by atoms with Crippen LogP contribution in [0.3, 0.4) is 0 Å². The van der Waals surface area contributed by atoms with Crippen molar-refractivity contribution in [3.8, 4) is 11.6 Å². The van der Waals surface area contributed by atoms with Gasteiger partial charge in [-0.05, 0) is 19.8 Å². The highest BCUT2D eigenvalue weighted by Crippen LogP contribution is 2.34. The number of halogens is 2. The largest absolute Gasteiger partial charge is 0.434 e. The molecule has 0 amide bonds. The number of piperidine rings is 1. The first kappa shape index (κ1) is 17.3. The topological polar surface area (TPSA) is 106 Å². The highest BCUT2D eigenvalue weighted by molar-refractivity contribution is 6.42. The Hall–Kier alpha value is -2.16. The summed E-state index contributed by atoms with van der Waals surface area (Å²) in [4.78, 5) is 15.2. The minimum atomic E-state index is 0.162. The molecule has 1 aliphatic heterocycles. The number of anilines is 1. The first-order valence-corrected chi connectivity index (χ1v) is 8.99. The third-order valence-electron chi connectivity index (χ3n) is 4.45. The van der Waals surface area contributed by atoms with Crippen molar-refractivity contribution in [1.82, 2.24) is 25.1 Å². The van der Waals surface area contributed by atoms with Crippen molar-refractivity contribution < 1.29 is 4.74 Å². The quantitative estimate of drug-likeness (QED) is 0.658. The van der Waals surface area contributed by atoms with E-state index < -0.39 is 0 Å². The number of aromatic amines is 1. The first-order chi connectivity index (χ1) is 12.5. The number of nitrogens with zero attached hydrogens (tertiary/aromatic N) is 5. The molecule has 0 unspecified atom stereocenters. The van der Waals surface area contributed by atoms with Gasteiger partial charge < -0.3 is 15.4 Å². The molecule has 0 spiro atoms. The zero-order valence-corrected chi connectivity index (χ0v) is 15.5. The van der Waals surface area contributed by atoms with E-state index in [1.165, 1.54) is 6.20 Å². The van der Waals surface area contributed by atoms with E-state index in [0.29, 0.717) is 23.0 Å². The van der Waals surface area contributed by atoms with Crippen LogP contribution >= 0.6 is 23.2 Å². The normalized spacial score (nSPS) is 20.5. The number of nitrogens with two attached hydrogens (primary N) is 1. The molecule has 4 heterocycles. The Bertz CT molecular complexity index is 947. The summed E-state index contributed by atoms with van der Waals surface area (Å²) in [5.74, 6) is 1.42. The van der Waals surface area contributed by atoms with Crippen molar-refractivity contribution in [3.05, 3.63) is 28.6 Å². The van der Waals surface area contributed by atoms with Crippen molar-refractivity contribution in [3.63, 3.8) is 0 Å². The Morgan fingerprint density at radius 1 is 1.35 bits per heavy atom. The summed E-state index contributed by atoms with van der Waals surface area (Å²) in [6, 6.07) is 2.15. The molecule has 4 rings (SSSR count). The molecule has 136 valence electrons. The van der Waals surface area contributed by atoms with E-state index in [0.717, 1.165) is 25.2 Å². The Balaban J connectivity index is 1.62. The highest BCUT2D eigenvalue weighted by Gasteiger charge is 2.25. The molecule has 2 atom stereocenters. The van der Waals surface area contributed by atoms with Crippen molar-refractivity contribution in [2.45, 2.75) is 31.8 Å². The fraction of sp³-hybridized carbons (Fsp3) is 0.375. The Morgan fingerprint density at radius 2 is 2.19 bits per heavy atom. The van der Waals surface area contributed by atoms with Crippen LogP contribution in [0.25, 0.3) is 11.2 Å². The van der Waals surface area contributed by atoms with Gasteiger partial charge in [-0.2, -0.15) is 0 Å². The monoisotopic (exact) mass is 393 g/mol. The molecule has 3 N–H and O–H groups in total. The van der Waals surface area contributed by atoms with Gasteiger partial charge in [0, 0.05) is 30.9 Å². The number of nitrogens with one attached hydrogen (secondary N) is 1. The fourth-order valence-electron chi connectivity index (χ4n) is 3.11. The van der Waals surface area contributed by atoms with Crippen LogP contribution in [0.15, 0.2) is 18.5 Å². The second-order valence-electron chi connectivity index (χ2n) is 6.30. The van der Waals surface area contributed by atoms with Crippen LogP contribution < -0.4 is 15.4 Å². The van der Waals surface area contributed by atoms with Gasteiger partial charge in [0.2, 0.25) is 0 Å². The molecule has 0 aliphatic carbocycles. The number of ether oxygens (including phenoxy) is 1. The van der Waals surface area contributed by atoms with Gasteiger partial charge in [-0.1, -0.05) is 23.2 Å². The van der Waals surface area contributed by atoms with Gasteiger partial charge in [0.05, 0.1) is 6.20 Å². The molecular formula is C16H17Cl2N7O. The molecule has 0 radical (unpaired) electrons. The van der Waals surface area contributed by atoms with E-state index in [4.69, 9.17) is 33.7 Å². The van der Waals surface area contributed by atoms with Crippen LogP contribution in [-0.4, -0.2) is 43.8 Å². The fourth-order valence-corrected chi connectivity index (χ4v) is 3.41. The predicted molar refractivity (Wildman–Crippen MR) is 100 cm³/mol. The van der Waals surface area contributed by atoms with Gasteiger partial charge in [0.15, 0.2) is 22.1 Å². The molecule has 26 heavy (non-hydrogen) atoms. The zero-order valence-electron chi connectivity index (χ0n) is 14.0. The van der Waals surface area contributed by atoms with Gasteiger partial charge in [0.25, 0.3) is 5.88 Å². The van der Waals surface area contributed by atoms with Crippen molar-refractivity contribution in [2.75, 3.05) is 11.4 Å². The summed E-state index contributed by atoms with van der Waals surface area (Å²) in [5, 5.41) is 7.38. The van der Waals surface area contributed by atoms with E-state index in [1.807, 2.05) is 0 Å². The third-order valence-corrected chi connectivity index (χ3v) is 5.20. The van der Waals surface area contributed by atoms with Crippen LogP contribution in [0.4, 0.5) is 5.82 Å². The standard InChI is InChI=1S/C16H17Cl2N7O/c1-8-6-9(19)3-5-25(8)11-7-21-13-15(22-11)23-24-16(13)26-10-2-4-20-14(18)12(10)17/h2,4,7-9H,3,5-6,19H2,1H3,(H,22,23,24)/t8-,9+/m0/s1. The smallest absolute Gasteiger partial charge is 0.266 e. The lowest BCUT2D eigenvalue weighted by atomic mass is 9.99. The molecule has 1 saturated heterocycles. The lowest BCUT2D eigenvalue weighted by Crippen LogP contribution is -2.46. The average Bonchev–Trinajstić information content (AvgIpc) is 3.01. The highest BCUT2D eigenvalue weighted by atomic mass is 35.5. The van der Waals surface area contributed by atoms with Crippen LogP contribution in [0.1, 0.15) is 19.8 Å². The van der Waals surface area contributed by atoms with Crippen LogP contribution in [0, 0.1) is 0 Å². The van der Waals surface area contributed by atoms with Crippen LogP contribution in [-0.2, 0) is 0 Å². The maximum absolute atomic E-state index is 6.11. The molecule has 0 saturated carbocycles. The van der Waals surface area contributed by atoms with Gasteiger partial charge in [-0.3, -0.25) is 5.10 Å².